The smallest absolute Gasteiger partial charge is 0.301 e. The number of thioether (sulfide) groups is 1. The Morgan fingerprint density at radius 1 is 1.00 bits per heavy atom. The Morgan fingerprint density at radius 2 is 1.81 bits per heavy atom. The number of pyridine rings is 1. The molecule has 2 aromatic carbocycles. The molecule has 1 N–H and O–H groups in total. The van der Waals surface area contributed by atoms with Gasteiger partial charge in [0.2, 0.25) is 5.13 Å². The highest BCUT2D eigenvalue weighted by Crippen LogP contribution is 2.45. The Bertz CT molecular complexity index is 1940. The summed E-state index contributed by atoms with van der Waals surface area (Å²) in [5, 5.41) is 21.9. The number of halogens is 4. The van der Waals surface area contributed by atoms with Gasteiger partial charge >= 0.3 is 5.91 Å². The fourth-order valence-electron chi connectivity index (χ4n) is 4.69. The van der Waals surface area contributed by atoms with Crippen LogP contribution in [0.1, 0.15) is 28.6 Å². The van der Waals surface area contributed by atoms with Crippen LogP contribution in [0.4, 0.5) is 5.13 Å². The van der Waals surface area contributed by atoms with Gasteiger partial charge in [-0.2, -0.15) is 0 Å². The van der Waals surface area contributed by atoms with Crippen molar-refractivity contribution >= 4 is 97.7 Å². The van der Waals surface area contributed by atoms with E-state index in [4.69, 9.17) is 46.4 Å². The van der Waals surface area contributed by atoms with Crippen LogP contribution in [0, 0.1) is 6.92 Å². The minimum absolute atomic E-state index is 0.135. The average molecular weight is 677 g/mol. The lowest BCUT2D eigenvalue weighted by Crippen LogP contribution is -2.29. The molecule has 1 amide bonds. The molecule has 1 unspecified atom stereocenters. The molecule has 14 heteroatoms. The number of carbonyl (C=O) groups excluding carboxylic acids is 2. The molecule has 42 heavy (non-hydrogen) atoms. The maximum Gasteiger partial charge on any atom is 0.301 e. The molecule has 1 fully saturated rings. The van der Waals surface area contributed by atoms with Gasteiger partial charge in [-0.05, 0) is 54.4 Å². The number of rotatable bonds is 6. The predicted octanol–water partition coefficient (Wildman–Crippen LogP) is 8.03. The second-order valence-electron chi connectivity index (χ2n) is 9.19. The van der Waals surface area contributed by atoms with E-state index in [1.165, 1.54) is 16.7 Å². The number of imidazole rings is 1. The van der Waals surface area contributed by atoms with Crippen molar-refractivity contribution in [1.82, 2.24) is 19.6 Å². The van der Waals surface area contributed by atoms with Gasteiger partial charge in [0.25, 0.3) is 5.78 Å². The zero-order chi connectivity index (χ0) is 29.7. The Hall–Kier alpha value is -3.12. The number of amides is 1. The van der Waals surface area contributed by atoms with Gasteiger partial charge in [-0.1, -0.05) is 87.7 Å². The lowest BCUT2D eigenvalue weighted by Gasteiger charge is -2.22. The van der Waals surface area contributed by atoms with Crippen LogP contribution in [-0.2, 0) is 15.3 Å². The van der Waals surface area contributed by atoms with Crippen LogP contribution in [0.15, 0.2) is 70.7 Å². The maximum absolute atomic E-state index is 13.6. The van der Waals surface area contributed by atoms with E-state index in [9.17, 15) is 14.7 Å². The molecule has 0 radical (unpaired) electrons. The summed E-state index contributed by atoms with van der Waals surface area (Å²) in [7, 11) is 0. The number of carbonyl (C=O) groups is 2. The van der Waals surface area contributed by atoms with Crippen molar-refractivity contribution in [3.8, 4) is 0 Å². The Morgan fingerprint density at radius 3 is 2.57 bits per heavy atom. The third-order valence-electron chi connectivity index (χ3n) is 6.60. The molecule has 0 bridgehead atoms. The van der Waals surface area contributed by atoms with Crippen molar-refractivity contribution < 1.29 is 14.7 Å². The number of aromatic nitrogens is 4. The number of hydrogen-bond donors (Lipinski definition) is 1. The van der Waals surface area contributed by atoms with Crippen LogP contribution in [0.3, 0.4) is 0 Å². The maximum atomic E-state index is 13.6. The minimum Gasteiger partial charge on any atom is -0.505 e. The first kappa shape index (κ1) is 29.0. The van der Waals surface area contributed by atoms with Crippen molar-refractivity contribution in [2.24, 2.45) is 0 Å². The zero-order valence-electron chi connectivity index (χ0n) is 21.4. The number of aliphatic hydroxyl groups is 1. The summed E-state index contributed by atoms with van der Waals surface area (Å²) in [4.78, 5) is 32.9. The first-order valence-corrected chi connectivity index (χ1v) is 15.6. The normalized spacial score (nSPS) is 16.6. The lowest BCUT2D eigenvalue weighted by molar-refractivity contribution is -0.132. The highest BCUT2D eigenvalue weighted by molar-refractivity contribution is 8.00. The molecule has 0 aliphatic carbocycles. The second-order valence-corrected chi connectivity index (χ2v) is 13.0. The van der Waals surface area contributed by atoms with Gasteiger partial charge in [-0.3, -0.25) is 18.9 Å². The van der Waals surface area contributed by atoms with Crippen molar-refractivity contribution in [3.63, 3.8) is 0 Å². The highest BCUT2D eigenvalue weighted by Gasteiger charge is 2.49. The Balaban J connectivity index is 1.44. The molecule has 212 valence electrons. The standard InChI is InChI=1S/C28H17Cl4N5O3S2/c1-13-22(36-9-3-2-4-20(36)33-13)24(38)21-23(14-6-8-17(30)19(32)10-14)37(26(40)25(21)39)27-34-35-28(42-27)41-12-15-5-7-16(29)11-18(15)31/h2-11,23,38H,12H2,1H3/b24-21+. The largest absolute Gasteiger partial charge is 0.505 e. The van der Waals surface area contributed by atoms with E-state index in [-0.39, 0.29) is 21.5 Å². The molecule has 1 atom stereocenters. The van der Waals surface area contributed by atoms with Gasteiger partial charge in [0.05, 0.1) is 27.4 Å². The first-order valence-electron chi connectivity index (χ1n) is 12.2. The number of ketones is 1. The van der Waals surface area contributed by atoms with E-state index in [1.807, 2.05) is 12.1 Å². The quantitative estimate of drug-likeness (QED) is 0.0639. The van der Waals surface area contributed by atoms with Crippen LogP contribution in [0.25, 0.3) is 11.4 Å². The van der Waals surface area contributed by atoms with Gasteiger partial charge < -0.3 is 5.11 Å². The summed E-state index contributed by atoms with van der Waals surface area (Å²) in [6, 6.07) is 14.3. The van der Waals surface area contributed by atoms with E-state index in [0.717, 1.165) is 16.9 Å². The summed E-state index contributed by atoms with van der Waals surface area (Å²) < 4.78 is 2.20. The van der Waals surface area contributed by atoms with Crippen molar-refractivity contribution in [2.75, 3.05) is 4.90 Å². The molecule has 1 aliphatic rings. The highest BCUT2D eigenvalue weighted by atomic mass is 35.5. The van der Waals surface area contributed by atoms with E-state index >= 15 is 0 Å². The monoisotopic (exact) mass is 675 g/mol. The lowest BCUT2D eigenvalue weighted by atomic mass is 9.96. The molecular weight excluding hydrogens is 660 g/mol. The number of nitrogens with zero attached hydrogens (tertiary/aromatic N) is 5. The molecule has 1 saturated heterocycles. The van der Waals surface area contributed by atoms with Crippen molar-refractivity contribution in [3.05, 3.63) is 109 Å². The van der Waals surface area contributed by atoms with Crippen LogP contribution < -0.4 is 4.90 Å². The molecular formula is C28H17Cl4N5O3S2. The summed E-state index contributed by atoms with van der Waals surface area (Å²) in [5.41, 5.74) is 2.51. The molecule has 3 aromatic heterocycles. The molecule has 4 heterocycles. The van der Waals surface area contributed by atoms with Crippen LogP contribution in [0.2, 0.25) is 20.1 Å². The van der Waals surface area contributed by atoms with Crippen molar-refractivity contribution in [2.45, 2.75) is 23.1 Å². The second kappa shape index (κ2) is 11.5. The summed E-state index contributed by atoms with van der Waals surface area (Å²) in [5.74, 6) is -1.65. The van der Waals surface area contributed by atoms with Crippen LogP contribution in [-0.4, -0.2) is 36.4 Å². The van der Waals surface area contributed by atoms with E-state index < -0.39 is 17.7 Å². The molecule has 0 saturated carbocycles. The molecule has 6 rings (SSSR count). The molecule has 8 nitrogen and oxygen atoms in total. The topological polar surface area (TPSA) is 101 Å². The van der Waals surface area contributed by atoms with Crippen LogP contribution in [0.5, 0.6) is 0 Å². The number of hydrogen-bond acceptors (Lipinski definition) is 8. The predicted molar refractivity (Wildman–Crippen MR) is 167 cm³/mol. The summed E-state index contributed by atoms with van der Waals surface area (Å²) in [6.45, 7) is 1.72. The number of Topliss-reactive ketones (excluding diaryl/α,β-unsaturated/α-hetero) is 1. The minimum atomic E-state index is -1.06. The first-order chi connectivity index (χ1) is 20.1. The molecule has 1 aliphatic heterocycles. The van der Waals surface area contributed by atoms with E-state index in [0.29, 0.717) is 47.8 Å². The number of fused-ring (bicyclic) bond motifs is 1. The zero-order valence-corrected chi connectivity index (χ0v) is 26.0. The number of anilines is 1. The summed E-state index contributed by atoms with van der Waals surface area (Å²) in [6.07, 6.45) is 1.72. The van der Waals surface area contributed by atoms with Gasteiger partial charge in [0, 0.05) is 22.0 Å². The van der Waals surface area contributed by atoms with E-state index in [1.54, 1.807) is 60.0 Å². The van der Waals surface area contributed by atoms with Gasteiger partial charge in [0.15, 0.2) is 10.1 Å². The Labute approximate surface area is 267 Å². The molecule has 5 aromatic rings. The number of benzene rings is 2. The summed E-state index contributed by atoms with van der Waals surface area (Å²) >= 11 is 27.3. The number of aryl methyl sites for hydroxylation is 1. The van der Waals surface area contributed by atoms with Gasteiger partial charge in [-0.15, -0.1) is 10.2 Å². The SMILES string of the molecule is Cc1nc2ccccn2c1/C(O)=C1\C(=O)C(=O)N(c2nnc(SCc3ccc(Cl)cc3Cl)s2)C1c1ccc(Cl)c(Cl)c1. The average Bonchev–Trinajstić information content (AvgIpc) is 3.63. The van der Waals surface area contributed by atoms with Crippen molar-refractivity contribution in [1.29, 1.82) is 0 Å². The fourth-order valence-corrected chi connectivity index (χ4v) is 7.42. The third-order valence-corrected chi connectivity index (χ3v) is 10.0. The number of aliphatic hydroxyl groups excluding tert-OH is 1. The van der Waals surface area contributed by atoms with Gasteiger partial charge in [0.1, 0.15) is 11.3 Å². The van der Waals surface area contributed by atoms with Crippen LogP contribution >= 0.6 is 69.5 Å². The Kier molecular flexibility index (Phi) is 7.95. The fraction of sp³-hybridized carbons (Fsp3) is 0.107. The van der Waals surface area contributed by atoms with Gasteiger partial charge in [-0.25, -0.2) is 4.98 Å². The molecule has 0 spiro atoms. The third kappa shape index (κ3) is 5.16. The van der Waals surface area contributed by atoms with E-state index in [2.05, 4.69) is 15.2 Å².